The number of thiophene rings is 1. The predicted molar refractivity (Wildman–Crippen MR) is 149 cm³/mol. The number of rotatable bonds is 9. The molecule has 0 amide bonds. The summed E-state index contributed by atoms with van der Waals surface area (Å²) in [5.74, 6) is 0.738. The SMILES string of the molecule is CCOC(=O)c1c(N=Cc2ccc(-c3ccc(OC)cc3[N+](=O)[O-])o2)sc2c1CCN(Cc1ccccc1)C2. The molecule has 5 rings (SSSR count). The minimum absolute atomic E-state index is 0.122. The fraction of sp³-hybridized carbons (Fsp3) is 0.241. The van der Waals surface area contributed by atoms with E-state index in [0.29, 0.717) is 33.4 Å². The minimum atomic E-state index is -0.475. The molecule has 1 aliphatic heterocycles. The van der Waals surface area contributed by atoms with Crippen molar-refractivity contribution in [1.29, 1.82) is 0 Å². The molecule has 2 aromatic carbocycles. The molecule has 0 aliphatic carbocycles. The van der Waals surface area contributed by atoms with Gasteiger partial charge in [-0.2, -0.15) is 0 Å². The molecule has 0 saturated carbocycles. The summed E-state index contributed by atoms with van der Waals surface area (Å²) in [4.78, 5) is 32.1. The molecule has 0 saturated heterocycles. The summed E-state index contributed by atoms with van der Waals surface area (Å²) in [6.07, 6.45) is 2.26. The third kappa shape index (κ3) is 5.76. The maximum atomic E-state index is 12.9. The number of hydrogen-bond acceptors (Lipinski definition) is 9. The van der Waals surface area contributed by atoms with Gasteiger partial charge in [-0.1, -0.05) is 30.3 Å². The van der Waals surface area contributed by atoms with E-state index in [1.165, 1.54) is 36.3 Å². The van der Waals surface area contributed by atoms with Crippen molar-refractivity contribution < 1.29 is 23.6 Å². The molecule has 2 aromatic heterocycles. The van der Waals surface area contributed by atoms with E-state index in [1.54, 1.807) is 31.2 Å². The summed E-state index contributed by atoms with van der Waals surface area (Å²) in [6, 6.07) is 18.2. The van der Waals surface area contributed by atoms with Gasteiger partial charge >= 0.3 is 5.97 Å². The van der Waals surface area contributed by atoms with Crippen LogP contribution >= 0.6 is 11.3 Å². The van der Waals surface area contributed by atoms with Crippen LogP contribution in [0.3, 0.4) is 0 Å². The van der Waals surface area contributed by atoms with Gasteiger partial charge in [0, 0.05) is 24.5 Å². The predicted octanol–water partition coefficient (Wildman–Crippen LogP) is 6.41. The molecule has 1 aliphatic rings. The first kappa shape index (κ1) is 26.3. The highest BCUT2D eigenvalue weighted by Crippen LogP contribution is 2.40. The lowest BCUT2D eigenvalue weighted by molar-refractivity contribution is -0.384. The van der Waals surface area contributed by atoms with E-state index in [0.717, 1.165) is 36.5 Å². The summed E-state index contributed by atoms with van der Waals surface area (Å²) in [5, 5.41) is 12.2. The summed E-state index contributed by atoms with van der Waals surface area (Å²) in [5.41, 5.74) is 2.95. The lowest BCUT2D eigenvalue weighted by Gasteiger charge is -2.27. The third-order valence-corrected chi connectivity index (χ3v) is 7.57. The van der Waals surface area contributed by atoms with Gasteiger partial charge in [-0.25, -0.2) is 9.79 Å². The summed E-state index contributed by atoms with van der Waals surface area (Å²) >= 11 is 1.48. The van der Waals surface area contributed by atoms with Crippen molar-refractivity contribution in [1.82, 2.24) is 4.90 Å². The van der Waals surface area contributed by atoms with Gasteiger partial charge in [0.25, 0.3) is 5.69 Å². The normalized spacial score (nSPS) is 13.4. The molecule has 0 spiro atoms. The molecule has 39 heavy (non-hydrogen) atoms. The summed E-state index contributed by atoms with van der Waals surface area (Å²) in [6.45, 7) is 4.44. The van der Waals surface area contributed by atoms with Crippen molar-refractivity contribution in [2.75, 3.05) is 20.3 Å². The minimum Gasteiger partial charge on any atom is -0.497 e. The number of aliphatic imine (C=N–C) groups is 1. The van der Waals surface area contributed by atoms with Crippen molar-refractivity contribution in [2.24, 2.45) is 4.99 Å². The number of esters is 1. The third-order valence-electron chi connectivity index (χ3n) is 6.45. The molecule has 4 aromatic rings. The van der Waals surface area contributed by atoms with Crippen LogP contribution in [0.5, 0.6) is 5.75 Å². The highest BCUT2D eigenvalue weighted by molar-refractivity contribution is 7.16. The average molecular weight is 546 g/mol. The molecule has 0 fully saturated rings. The van der Waals surface area contributed by atoms with Crippen LogP contribution < -0.4 is 4.74 Å². The largest absolute Gasteiger partial charge is 0.497 e. The van der Waals surface area contributed by atoms with E-state index >= 15 is 0 Å². The van der Waals surface area contributed by atoms with E-state index in [9.17, 15) is 14.9 Å². The van der Waals surface area contributed by atoms with E-state index in [1.807, 2.05) is 18.2 Å². The number of nitrogens with zero attached hydrogens (tertiary/aromatic N) is 3. The number of ether oxygens (including phenoxy) is 2. The van der Waals surface area contributed by atoms with Gasteiger partial charge in [0.15, 0.2) is 0 Å². The number of benzene rings is 2. The number of carbonyl (C=O) groups is 1. The second kappa shape index (κ2) is 11.6. The van der Waals surface area contributed by atoms with Gasteiger partial charge in [0.2, 0.25) is 0 Å². The monoisotopic (exact) mass is 545 g/mol. The number of nitro benzene ring substituents is 1. The number of methoxy groups -OCH3 is 1. The van der Waals surface area contributed by atoms with Gasteiger partial charge in [0.05, 0.1) is 42.0 Å². The topological polar surface area (TPSA) is 107 Å². The van der Waals surface area contributed by atoms with Crippen LogP contribution in [0.4, 0.5) is 10.7 Å². The standard InChI is InChI=1S/C29H27N3O6S/c1-3-37-29(33)27-23-13-14-31(17-19-7-5-4-6-8-19)18-26(23)39-28(27)30-16-21-10-12-25(38-21)22-11-9-20(36-2)15-24(22)32(34)35/h4-12,15-16H,3,13-14,17-18H2,1-2H3. The number of hydrogen-bond donors (Lipinski definition) is 0. The van der Waals surface area contributed by atoms with Crippen molar-refractivity contribution >= 4 is 34.2 Å². The number of furan rings is 1. The molecule has 0 atom stereocenters. The van der Waals surface area contributed by atoms with Crippen molar-refractivity contribution in [3.8, 4) is 17.1 Å². The Morgan fingerprint density at radius 1 is 1.21 bits per heavy atom. The Kier molecular flexibility index (Phi) is 7.85. The maximum absolute atomic E-state index is 12.9. The molecule has 0 bridgehead atoms. The number of nitro groups is 1. The zero-order valence-corrected chi connectivity index (χ0v) is 22.4. The fourth-order valence-corrected chi connectivity index (χ4v) is 5.83. The van der Waals surface area contributed by atoms with Crippen LogP contribution in [-0.4, -0.2) is 42.3 Å². The Morgan fingerprint density at radius 2 is 2.03 bits per heavy atom. The van der Waals surface area contributed by atoms with E-state index in [-0.39, 0.29) is 18.3 Å². The van der Waals surface area contributed by atoms with E-state index in [2.05, 4.69) is 22.0 Å². The molecular formula is C29H27N3O6S. The van der Waals surface area contributed by atoms with Gasteiger partial charge in [0.1, 0.15) is 22.3 Å². The highest BCUT2D eigenvalue weighted by Gasteiger charge is 2.29. The maximum Gasteiger partial charge on any atom is 0.341 e. The van der Waals surface area contributed by atoms with Crippen LogP contribution in [0.15, 0.2) is 70.1 Å². The number of carbonyl (C=O) groups excluding carboxylic acids is 1. The first-order valence-corrected chi connectivity index (χ1v) is 13.3. The van der Waals surface area contributed by atoms with Crippen LogP contribution in [0.1, 0.15) is 39.0 Å². The smallest absolute Gasteiger partial charge is 0.341 e. The fourth-order valence-electron chi connectivity index (χ4n) is 4.61. The molecule has 0 radical (unpaired) electrons. The Labute approximate surface area is 229 Å². The van der Waals surface area contributed by atoms with Gasteiger partial charge in [-0.05, 0) is 48.7 Å². The summed E-state index contributed by atoms with van der Waals surface area (Å²) < 4.78 is 16.4. The molecular weight excluding hydrogens is 518 g/mol. The van der Waals surface area contributed by atoms with E-state index < -0.39 is 4.92 Å². The first-order valence-electron chi connectivity index (χ1n) is 12.5. The van der Waals surface area contributed by atoms with Gasteiger partial charge < -0.3 is 13.9 Å². The highest BCUT2D eigenvalue weighted by atomic mass is 32.1. The Hall–Kier alpha value is -4.28. The quantitative estimate of drug-likeness (QED) is 0.103. The van der Waals surface area contributed by atoms with Gasteiger partial charge in [-0.15, -0.1) is 11.3 Å². The molecule has 9 nitrogen and oxygen atoms in total. The average Bonchev–Trinajstić information content (AvgIpc) is 3.56. The number of fused-ring (bicyclic) bond motifs is 1. The summed E-state index contributed by atoms with van der Waals surface area (Å²) in [7, 11) is 1.45. The molecule has 0 N–H and O–H groups in total. The Bertz CT molecular complexity index is 1530. The van der Waals surface area contributed by atoms with Crippen LogP contribution in [0.25, 0.3) is 11.3 Å². The molecule has 200 valence electrons. The lowest BCUT2D eigenvalue weighted by atomic mass is 10.0. The van der Waals surface area contributed by atoms with Crippen molar-refractivity contribution in [2.45, 2.75) is 26.4 Å². The van der Waals surface area contributed by atoms with Crippen LogP contribution in [0.2, 0.25) is 0 Å². The zero-order valence-electron chi connectivity index (χ0n) is 21.6. The van der Waals surface area contributed by atoms with E-state index in [4.69, 9.17) is 13.9 Å². The van der Waals surface area contributed by atoms with Crippen molar-refractivity contribution in [3.05, 3.63) is 98.1 Å². The van der Waals surface area contributed by atoms with Crippen LogP contribution in [-0.2, 0) is 24.2 Å². The Morgan fingerprint density at radius 3 is 2.77 bits per heavy atom. The molecule has 3 heterocycles. The first-order chi connectivity index (χ1) is 19.0. The van der Waals surface area contributed by atoms with Gasteiger partial charge in [-0.3, -0.25) is 15.0 Å². The molecule has 0 unspecified atom stereocenters. The second-order valence-electron chi connectivity index (χ2n) is 8.95. The Balaban J connectivity index is 1.41. The second-order valence-corrected chi connectivity index (χ2v) is 10.0. The van der Waals surface area contributed by atoms with Crippen molar-refractivity contribution in [3.63, 3.8) is 0 Å². The van der Waals surface area contributed by atoms with Crippen LogP contribution in [0, 0.1) is 10.1 Å². The zero-order chi connectivity index (χ0) is 27.4. The lowest BCUT2D eigenvalue weighted by Crippen LogP contribution is -2.29. The molecule has 10 heteroatoms.